The van der Waals surface area contributed by atoms with Gasteiger partial charge in [0.25, 0.3) is 0 Å². The number of benzene rings is 1. The van der Waals surface area contributed by atoms with E-state index in [1.165, 1.54) is 19.4 Å². The Balaban J connectivity index is 1.47. The maximum absolute atomic E-state index is 14.6. The molecule has 5 rings (SSSR count). The number of anilines is 1. The van der Waals surface area contributed by atoms with Crippen molar-refractivity contribution in [1.29, 1.82) is 0 Å². The van der Waals surface area contributed by atoms with Crippen LogP contribution in [0.2, 0.25) is 5.02 Å². The van der Waals surface area contributed by atoms with E-state index in [1.54, 1.807) is 23.2 Å². The Bertz CT molecular complexity index is 1480. The Hall–Kier alpha value is -4.05. The molecule has 2 aromatic heterocycles. The van der Waals surface area contributed by atoms with Crippen LogP contribution in [0.3, 0.4) is 0 Å². The van der Waals surface area contributed by atoms with Crippen LogP contribution >= 0.6 is 11.6 Å². The first-order chi connectivity index (χ1) is 19.7. The lowest BCUT2D eigenvalue weighted by atomic mass is 9.93. The van der Waals surface area contributed by atoms with Crippen LogP contribution in [0.25, 0.3) is 11.3 Å². The number of methoxy groups -OCH3 is 1. The molecule has 214 valence electrons. The Morgan fingerprint density at radius 2 is 1.95 bits per heavy atom. The number of aromatic nitrogens is 2. The molecule has 0 aliphatic carbocycles. The molecule has 0 radical (unpaired) electrons. The third-order valence-corrected chi connectivity index (χ3v) is 7.88. The van der Waals surface area contributed by atoms with E-state index in [2.05, 4.69) is 15.3 Å². The summed E-state index contributed by atoms with van der Waals surface area (Å²) in [7, 11) is 1.33. The van der Waals surface area contributed by atoms with Crippen LogP contribution < -0.4 is 5.32 Å². The average molecular weight is 581 g/mol. The zero-order valence-electron chi connectivity index (χ0n) is 22.7. The molecule has 2 aliphatic heterocycles. The molecule has 1 fully saturated rings. The van der Waals surface area contributed by atoms with E-state index in [4.69, 9.17) is 21.1 Å². The van der Waals surface area contributed by atoms with E-state index in [0.717, 1.165) is 5.56 Å². The number of carbonyl (C=O) groups is 3. The topological polar surface area (TPSA) is 111 Å². The zero-order valence-corrected chi connectivity index (χ0v) is 23.5. The molecule has 0 saturated carbocycles. The van der Waals surface area contributed by atoms with Gasteiger partial charge in [-0.2, -0.15) is 0 Å². The van der Waals surface area contributed by atoms with Gasteiger partial charge in [0.05, 0.1) is 36.0 Å². The fraction of sp³-hybridized carbons (Fsp3) is 0.367. The highest BCUT2D eigenvalue weighted by molar-refractivity contribution is 6.30. The molecule has 4 heterocycles. The lowest BCUT2D eigenvalue weighted by Gasteiger charge is -2.37. The number of amides is 2. The summed E-state index contributed by atoms with van der Waals surface area (Å²) in [6.45, 7) is 2.18. The number of fused-ring (bicyclic) bond motifs is 4. The minimum Gasteiger partial charge on any atom is -0.469 e. The second-order valence-electron chi connectivity index (χ2n) is 10.3. The van der Waals surface area contributed by atoms with Crippen molar-refractivity contribution >= 4 is 35.3 Å². The molecule has 2 bridgehead atoms. The van der Waals surface area contributed by atoms with Crippen LogP contribution in [-0.2, 0) is 25.5 Å². The van der Waals surface area contributed by atoms with E-state index in [9.17, 15) is 18.8 Å². The molecule has 9 nitrogen and oxygen atoms in total. The molecule has 1 saturated heterocycles. The normalized spacial score (nSPS) is 21.1. The summed E-state index contributed by atoms with van der Waals surface area (Å²) in [6, 6.07) is 10.1. The molecular weight excluding hydrogens is 551 g/mol. The van der Waals surface area contributed by atoms with Gasteiger partial charge in [0.2, 0.25) is 5.91 Å². The largest absolute Gasteiger partial charge is 0.469 e. The van der Waals surface area contributed by atoms with Gasteiger partial charge in [-0.05, 0) is 48.2 Å². The number of cyclic esters (lactones) is 1. The second-order valence-corrected chi connectivity index (χ2v) is 10.7. The van der Waals surface area contributed by atoms with E-state index in [0.29, 0.717) is 54.7 Å². The molecule has 11 heteroatoms. The predicted molar refractivity (Wildman–Crippen MR) is 150 cm³/mol. The van der Waals surface area contributed by atoms with Crippen LogP contribution in [-0.4, -0.2) is 46.5 Å². The smallest absolute Gasteiger partial charge is 0.410 e. The second kappa shape index (κ2) is 12.2. The third-order valence-electron chi connectivity index (χ3n) is 7.59. The Labute approximate surface area is 242 Å². The summed E-state index contributed by atoms with van der Waals surface area (Å²) in [6.07, 6.45) is 3.92. The van der Waals surface area contributed by atoms with Gasteiger partial charge in [-0.25, -0.2) is 9.18 Å². The number of nitrogens with zero attached hydrogens (tertiary/aromatic N) is 3. The number of pyridine rings is 2. The van der Waals surface area contributed by atoms with Gasteiger partial charge >= 0.3 is 12.1 Å². The van der Waals surface area contributed by atoms with Gasteiger partial charge in [0.1, 0.15) is 5.69 Å². The monoisotopic (exact) mass is 580 g/mol. The lowest BCUT2D eigenvalue weighted by molar-refractivity contribution is -0.139. The molecule has 2 aliphatic rings. The highest BCUT2D eigenvalue weighted by atomic mass is 35.5. The molecule has 0 unspecified atom stereocenters. The minimum atomic E-state index is -0.841. The van der Waals surface area contributed by atoms with Gasteiger partial charge in [0, 0.05) is 36.8 Å². The quantitative estimate of drug-likeness (QED) is 0.375. The number of carbonyl (C=O) groups excluding carboxylic acids is 3. The first kappa shape index (κ1) is 28.5. The number of hydrogen-bond acceptors (Lipinski definition) is 7. The van der Waals surface area contributed by atoms with Crippen molar-refractivity contribution in [3.05, 3.63) is 76.5 Å². The van der Waals surface area contributed by atoms with E-state index < -0.39 is 18.0 Å². The van der Waals surface area contributed by atoms with Crippen molar-refractivity contribution in [2.75, 3.05) is 19.0 Å². The number of rotatable bonds is 4. The van der Waals surface area contributed by atoms with E-state index in [-0.39, 0.29) is 41.0 Å². The van der Waals surface area contributed by atoms with Gasteiger partial charge < -0.3 is 19.7 Å². The number of hydrogen-bond donors (Lipinski definition) is 1. The van der Waals surface area contributed by atoms with Gasteiger partial charge in [-0.15, -0.1) is 0 Å². The summed E-state index contributed by atoms with van der Waals surface area (Å²) in [4.78, 5) is 48.6. The SMILES string of the molecule is COC(=O)Cc1ccc2c(c1)NC(=O)[C@H](C)CCC[C@H](N1CC[C@H](c3nccc(Cl)c3F)OC1=O)c1ccnc-2c1. The lowest BCUT2D eigenvalue weighted by Crippen LogP contribution is -2.42. The number of ether oxygens (including phenoxy) is 2. The van der Waals surface area contributed by atoms with Crippen molar-refractivity contribution in [2.24, 2.45) is 5.92 Å². The number of halogens is 2. The van der Waals surface area contributed by atoms with Crippen molar-refractivity contribution in [2.45, 2.75) is 51.2 Å². The van der Waals surface area contributed by atoms with Crippen molar-refractivity contribution in [3.63, 3.8) is 0 Å². The van der Waals surface area contributed by atoms with Gasteiger partial charge in [-0.1, -0.05) is 37.1 Å². The van der Waals surface area contributed by atoms with Crippen LogP contribution in [0.15, 0.2) is 48.8 Å². The fourth-order valence-electron chi connectivity index (χ4n) is 5.31. The van der Waals surface area contributed by atoms with Gasteiger partial charge in [0.15, 0.2) is 11.9 Å². The molecule has 2 amide bonds. The van der Waals surface area contributed by atoms with Crippen molar-refractivity contribution in [3.8, 4) is 11.3 Å². The molecule has 3 atom stereocenters. The average Bonchev–Trinajstić information content (AvgIpc) is 2.96. The third kappa shape index (κ3) is 6.17. The molecule has 1 N–H and O–H groups in total. The highest BCUT2D eigenvalue weighted by Crippen LogP contribution is 2.38. The first-order valence-electron chi connectivity index (χ1n) is 13.5. The molecule has 0 spiro atoms. The van der Waals surface area contributed by atoms with Crippen LogP contribution in [0.5, 0.6) is 0 Å². The van der Waals surface area contributed by atoms with E-state index >= 15 is 0 Å². The maximum Gasteiger partial charge on any atom is 0.410 e. The number of nitrogens with one attached hydrogen (secondary N) is 1. The molecule has 41 heavy (non-hydrogen) atoms. The summed E-state index contributed by atoms with van der Waals surface area (Å²) in [5.41, 5.74) is 3.40. The van der Waals surface area contributed by atoms with E-state index in [1.807, 2.05) is 25.1 Å². The summed E-state index contributed by atoms with van der Waals surface area (Å²) in [5.74, 6) is -1.52. The first-order valence-corrected chi connectivity index (χ1v) is 13.9. The zero-order chi connectivity index (χ0) is 29.1. The standard InChI is InChI=1S/C30H30ClFN4O5/c1-17-4-3-5-24(36-13-10-25(41-30(36)39)28-27(32)21(31)9-12-34-28)19-8-11-33-22(16-19)20-7-6-18(15-26(37)40-2)14-23(20)35-29(17)38/h6-9,11-12,14,16-17,24-25H,3-5,10,13,15H2,1-2H3,(H,35,38)/t17-,24+,25-/m1/s1. The summed E-state index contributed by atoms with van der Waals surface area (Å²) < 4.78 is 25.1. The maximum atomic E-state index is 14.6. The van der Waals surface area contributed by atoms with Crippen molar-refractivity contribution < 1.29 is 28.2 Å². The van der Waals surface area contributed by atoms with Crippen LogP contribution in [0.1, 0.15) is 61.6 Å². The summed E-state index contributed by atoms with van der Waals surface area (Å²) in [5, 5.41) is 2.94. The Morgan fingerprint density at radius 3 is 2.73 bits per heavy atom. The highest BCUT2D eigenvalue weighted by Gasteiger charge is 2.36. The number of esters is 1. The molecule has 1 aromatic carbocycles. The predicted octanol–water partition coefficient (Wildman–Crippen LogP) is 6.03. The Morgan fingerprint density at radius 1 is 1.15 bits per heavy atom. The summed E-state index contributed by atoms with van der Waals surface area (Å²) >= 11 is 5.92. The van der Waals surface area contributed by atoms with Crippen LogP contribution in [0.4, 0.5) is 14.9 Å². The van der Waals surface area contributed by atoms with Gasteiger partial charge in [-0.3, -0.25) is 19.6 Å². The van der Waals surface area contributed by atoms with Crippen molar-refractivity contribution in [1.82, 2.24) is 14.9 Å². The van der Waals surface area contributed by atoms with Crippen LogP contribution in [0, 0.1) is 11.7 Å². The fourth-order valence-corrected chi connectivity index (χ4v) is 5.46. The molecule has 3 aromatic rings. The molecular formula is C30H30ClFN4O5. The minimum absolute atomic E-state index is 0.0124. The Kier molecular flexibility index (Phi) is 8.49.